The SMILES string of the molecule is COc1ccc(-c2cnc(N)c3c(-c4ccc(NS(=O)(=O)C(F)F)c(O[C@@H](C)c5ccc(F)cc5)c4)nn(C)c23)cn1. The number of nitrogens with two attached hydrogens (primary N) is 1. The Morgan fingerprint density at radius 1 is 1.00 bits per heavy atom. The van der Waals surface area contributed by atoms with E-state index in [0.717, 1.165) is 5.56 Å². The van der Waals surface area contributed by atoms with Gasteiger partial charge in [0, 0.05) is 42.2 Å². The van der Waals surface area contributed by atoms with Gasteiger partial charge in [0.2, 0.25) is 5.88 Å². The lowest BCUT2D eigenvalue weighted by Gasteiger charge is -2.19. The van der Waals surface area contributed by atoms with Crippen molar-refractivity contribution in [2.24, 2.45) is 7.05 Å². The Balaban J connectivity index is 1.63. The molecule has 0 saturated carbocycles. The maximum atomic E-state index is 13.5. The zero-order chi connectivity index (χ0) is 30.2. The highest BCUT2D eigenvalue weighted by Gasteiger charge is 2.27. The van der Waals surface area contributed by atoms with Gasteiger partial charge < -0.3 is 15.2 Å². The number of nitrogen functional groups attached to an aromatic ring is 1. The zero-order valence-corrected chi connectivity index (χ0v) is 23.4. The highest BCUT2D eigenvalue weighted by atomic mass is 32.2. The number of aromatic nitrogens is 4. The van der Waals surface area contributed by atoms with Gasteiger partial charge in [-0.15, -0.1) is 0 Å². The lowest BCUT2D eigenvalue weighted by Crippen LogP contribution is -2.21. The number of sulfonamides is 1. The molecule has 5 aromatic rings. The molecule has 3 heterocycles. The van der Waals surface area contributed by atoms with Gasteiger partial charge in [0.15, 0.2) is 0 Å². The van der Waals surface area contributed by atoms with Crippen LogP contribution in [0.4, 0.5) is 24.7 Å². The summed E-state index contributed by atoms with van der Waals surface area (Å²) in [5, 5.41) is 5.16. The summed E-state index contributed by atoms with van der Waals surface area (Å²) in [7, 11) is -1.77. The average Bonchev–Trinajstić information content (AvgIpc) is 3.32. The fraction of sp³-hybridized carbons (Fsp3) is 0.179. The van der Waals surface area contributed by atoms with Gasteiger partial charge >= 0.3 is 5.76 Å². The normalized spacial score (nSPS) is 12.5. The maximum absolute atomic E-state index is 13.5. The molecule has 1 atom stereocenters. The standard InChI is InChI=1S/C28H25F3N6O4S/c1-15(16-4-8-19(29)9-5-16)41-22-12-17(6-10-21(22)36-42(38,39)28(30)31)25-24-26(37(2)35-25)20(14-34-27(24)32)18-7-11-23(40-3)33-13-18/h4-15,28,36H,1-3H3,(H2,32,34)/t15-/m0/s1. The fourth-order valence-electron chi connectivity index (χ4n) is 4.45. The first kappa shape index (κ1) is 28.7. The number of nitrogens with zero attached hydrogens (tertiary/aromatic N) is 4. The van der Waals surface area contributed by atoms with Crippen molar-refractivity contribution in [2.45, 2.75) is 18.8 Å². The molecule has 2 aromatic carbocycles. The van der Waals surface area contributed by atoms with E-state index in [-0.39, 0.29) is 17.3 Å². The molecule has 0 unspecified atom stereocenters. The van der Waals surface area contributed by atoms with Gasteiger partial charge in [-0.2, -0.15) is 13.9 Å². The molecule has 3 N–H and O–H groups in total. The Morgan fingerprint density at radius 2 is 1.71 bits per heavy atom. The minimum absolute atomic E-state index is 0.0607. The molecule has 218 valence electrons. The van der Waals surface area contributed by atoms with Crippen LogP contribution in [0.3, 0.4) is 0 Å². The zero-order valence-electron chi connectivity index (χ0n) is 22.5. The second kappa shape index (κ2) is 11.2. The van der Waals surface area contributed by atoms with E-state index in [1.807, 2.05) is 10.8 Å². The highest BCUT2D eigenvalue weighted by Crippen LogP contribution is 2.40. The van der Waals surface area contributed by atoms with Crippen LogP contribution < -0.4 is 19.9 Å². The monoisotopic (exact) mass is 598 g/mol. The number of hydrogen-bond donors (Lipinski definition) is 2. The molecule has 0 bridgehead atoms. The molecular formula is C28H25F3N6O4S. The maximum Gasteiger partial charge on any atom is 0.355 e. The number of benzene rings is 2. The van der Waals surface area contributed by atoms with Crippen molar-refractivity contribution in [3.05, 3.63) is 78.4 Å². The second-order valence-electron chi connectivity index (χ2n) is 9.27. The summed E-state index contributed by atoms with van der Waals surface area (Å²) in [6, 6.07) is 13.3. The first-order chi connectivity index (χ1) is 20.0. The first-order valence-corrected chi connectivity index (χ1v) is 14.0. The van der Waals surface area contributed by atoms with Crippen molar-refractivity contribution in [1.82, 2.24) is 19.7 Å². The summed E-state index contributed by atoms with van der Waals surface area (Å²) in [4.78, 5) is 8.62. The van der Waals surface area contributed by atoms with Crippen LogP contribution in [0.2, 0.25) is 0 Å². The molecule has 0 fully saturated rings. The van der Waals surface area contributed by atoms with Crippen molar-refractivity contribution in [3.63, 3.8) is 0 Å². The van der Waals surface area contributed by atoms with Crippen LogP contribution in [0.15, 0.2) is 67.0 Å². The van der Waals surface area contributed by atoms with Crippen LogP contribution >= 0.6 is 0 Å². The van der Waals surface area contributed by atoms with Gasteiger partial charge in [0.1, 0.15) is 29.2 Å². The molecule has 0 radical (unpaired) electrons. The molecule has 0 aliphatic rings. The molecule has 0 aliphatic carbocycles. The number of aryl methyl sites for hydroxylation is 1. The number of ether oxygens (including phenoxy) is 2. The Kier molecular flexibility index (Phi) is 7.65. The molecule has 3 aromatic heterocycles. The van der Waals surface area contributed by atoms with Crippen LogP contribution in [0.5, 0.6) is 11.6 Å². The van der Waals surface area contributed by atoms with E-state index in [1.54, 1.807) is 37.1 Å². The molecular weight excluding hydrogens is 573 g/mol. The van der Waals surface area contributed by atoms with Crippen molar-refractivity contribution in [2.75, 3.05) is 17.6 Å². The van der Waals surface area contributed by atoms with Crippen molar-refractivity contribution >= 4 is 32.4 Å². The molecule has 0 spiro atoms. The number of pyridine rings is 2. The molecule has 5 rings (SSSR count). The predicted molar refractivity (Wildman–Crippen MR) is 152 cm³/mol. The van der Waals surface area contributed by atoms with Crippen molar-refractivity contribution in [1.29, 1.82) is 0 Å². The third-order valence-corrected chi connectivity index (χ3v) is 7.51. The fourth-order valence-corrected chi connectivity index (χ4v) is 5.01. The summed E-state index contributed by atoms with van der Waals surface area (Å²) in [6.07, 6.45) is 2.52. The summed E-state index contributed by atoms with van der Waals surface area (Å²) >= 11 is 0. The van der Waals surface area contributed by atoms with Gasteiger partial charge in [-0.1, -0.05) is 18.2 Å². The van der Waals surface area contributed by atoms with Gasteiger partial charge in [-0.25, -0.2) is 22.8 Å². The predicted octanol–water partition coefficient (Wildman–Crippen LogP) is 5.53. The molecule has 0 aliphatic heterocycles. The quantitative estimate of drug-likeness (QED) is 0.226. The largest absolute Gasteiger partial charge is 0.484 e. The van der Waals surface area contributed by atoms with Crippen LogP contribution in [-0.4, -0.2) is 41.0 Å². The lowest BCUT2D eigenvalue weighted by molar-refractivity contribution is 0.228. The number of hydrogen-bond acceptors (Lipinski definition) is 8. The van der Waals surface area contributed by atoms with Gasteiger partial charge in [-0.05, 0) is 42.8 Å². The minimum Gasteiger partial charge on any atom is -0.484 e. The topological polar surface area (TPSA) is 134 Å². The van der Waals surface area contributed by atoms with Gasteiger partial charge in [-0.3, -0.25) is 9.40 Å². The average molecular weight is 599 g/mol. The van der Waals surface area contributed by atoms with E-state index in [1.165, 1.54) is 49.6 Å². The van der Waals surface area contributed by atoms with E-state index in [0.29, 0.717) is 39.2 Å². The number of rotatable bonds is 9. The number of halogens is 3. The Labute approximate surface area is 239 Å². The van der Waals surface area contributed by atoms with Crippen LogP contribution in [-0.2, 0) is 17.1 Å². The Hall–Kier alpha value is -4.85. The van der Waals surface area contributed by atoms with Crippen LogP contribution in [0.1, 0.15) is 18.6 Å². The molecule has 14 heteroatoms. The van der Waals surface area contributed by atoms with Crippen LogP contribution in [0, 0.1) is 5.82 Å². The highest BCUT2D eigenvalue weighted by molar-refractivity contribution is 7.93. The van der Waals surface area contributed by atoms with Gasteiger partial charge in [0.25, 0.3) is 10.0 Å². The van der Waals surface area contributed by atoms with E-state index in [2.05, 4.69) is 15.1 Å². The van der Waals surface area contributed by atoms with Crippen molar-refractivity contribution < 1.29 is 31.1 Å². The third-order valence-electron chi connectivity index (χ3n) is 6.53. The van der Waals surface area contributed by atoms with E-state index < -0.39 is 27.7 Å². The number of methoxy groups -OCH3 is 1. The third kappa shape index (κ3) is 5.52. The Bertz CT molecular complexity index is 1860. The summed E-state index contributed by atoms with van der Waals surface area (Å²) in [6.45, 7) is 1.65. The molecule has 0 saturated heterocycles. The van der Waals surface area contributed by atoms with E-state index in [9.17, 15) is 21.6 Å². The van der Waals surface area contributed by atoms with Gasteiger partial charge in [0.05, 0.1) is 23.7 Å². The number of anilines is 2. The molecule has 0 amide bonds. The first-order valence-electron chi connectivity index (χ1n) is 12.5. The summed E-state index contributed by atoms with van der Waals surface area (Å²) in [5.41, 5.74) is 9.58. The summed E-state index contributed by atoms with van der Waals surface area (Å²) in [5.74, 6) is -3.56. The second-order valence-corrected chi connectivity index (χ2v) is 10.9. The molecule has 10 nitrogen and oxygen atoms in total. The summed E-state index contributed by atoms with van der Waals surface area (Å²) < 4.78 is 78.6. The number of nitrogens with one attached hydrogen (secondary N) is 1. The lowest BCUT2D eigenvalue weighted by atomic mass is 10.0. The Morgan fingerprint density at radius 3 is 2.36 bits per heavy atom. The van der Waals surface area contributed by atoms with Crippen molar-refractivity contribution in [3.8, 4) is 34.0 Å². The molecule has 42 heavy (non-hydrogen) atoms. The van der Waals surface area contributed by atoms with E-state index in [4.69, 9.17) is 15.2 Å². The van der Waals surface area contributed by atoms with E-state index >= 15 is 0 Å². The minimum atomic E-state index is -5.01. The number of alkyl halides is 2. The number of fused-ring (bicyclic) bond motifs is 1. The smallest absolute Gasteiger partial charge is 0.355 e. The van der Waals surface area contributed by atoms with Crippen LogP contribution in [0.25, 0.3) is 33.3 Å².